The summed E-state index contributed by atoms with van der Waals surface area (Å²) in [7, 11) is 3.04. The van der Waals surface area contributed by atoms with E-state index in [0.29, 0.717) is 17.0 Å². The molecule has 0 aliphatic rings. The Kier molecular flexibility index (Phi) is 3.61. The number of nitrogens with one attached hydrogen (secondary N) is 1. The first kappa shape index (κ1) is 12.8. The molecule has 0 saturated heterocycles. The van der Waals surface area contributed by atoms with Crippen molar-refractivity contribution in [2.75, 3.05) is 19.5 Å². The molecule has 2 rings (SSSR count). The van der Waals surface area contributed by atoms with Crippen LogP contribution in [0.25, 0.3) is 10.9 Å². The van der Waals surface area contributed by atoms with Crippen LogP contribution >= 0.6 is 0 Å². The van der Waals surface area contributed by atoms with Gasteiger partial charge in [-0.25, -0.2) is 14.4 Å². The Labute approximate surface area is 108 Å². The van der Waals surface area contributed by atoms with Crippen LogP contribution in [0.5, 0.6) is 11.5 Å². The molecule has 0 aliphatic carbocycles. The number of methoxy groups -OCH3 is 2. The van der Waals surface area contributed by atoms with Crippen LogP contribution in [-0.4, -0.2) is 30.5 Å². The second-order valence-electron chi connectivity index (χ2n) is 3.60. The van der Waals surface area contributed by atoms with Crippen molar-refractivity contribution in [3.63, 3.8) is 0 Å². The number of rotatable bonds is 4. The number of hydrogen-bond donors (Lipinski definition) is 1. The second-order valence-corrected chi connectivity index (χ2v) is 3.60. The third-order valence-electron chi connectivity index (χ3n) is 2.45. The maximum Gasteiger partial charge on any atom is 0.259 e. The zero-order valence-electron chi connectivity index (χ0n) is 10.3. The molecule has 19 heavy (non-hydrogen) atoms. The fourth-order valence-electron chi connectivity index (χ4n) is 1.57. The molecule has 0 fully saturated rings. The van der Waals surface area contributed by atoms with Gasteiger partial charge in [0.25, 0.3) is 6.30 Å². The number of alkyl halides is 1. The second kappa shape index (κ2) is 5.35. The van der Waals surface area contributed by atoms with Gasteiger partial charge in [0.2, 0.25) is 5.95 Å². The van der Waals surface area contributed by atoms with Crippen molar-refractivity contribution in [3.05, 3.63) is 18.3 Å². The fourth-order valence-corrected chi connectivity index (χ4v) is 1.57. The smallest absolute Gasteiger partial charge is 0.259 e. The highest BCUT2D eigenvalue weighted by Gasteiger charge is 2.10. The molecule has 1 aromatic carbocycles. The van der Waals surface area contributed by atoms with Gasteiger partial charge in [-0.15, -0.1) is 0 Å². The van der Waals surface area contributed by atoms with E-state index in [-0.39, 0.29) is 5.95 Å². The molecule has 0 aliphatic heterocycles. The van der Waals surface area contributed by atoms with E-state index in [1.807, 2.05) is 0 Å². The Balaban J connectivity index is 2.45. The summed E-state index contributed by atoms with van der Waals surface area (Å²) in [5.74, 6) is 1.10. The predicted octanol–water partition coefficient (Wildman–Crippen LogP) is 1.88. The number of benzene rings is 1. The molecule has 98 valence electrons. The summed E-state index contributed by atoms with van der Waals surface area (Å²) in [5, 5.41) is 11.3. The van der Waals surface area contributed by atoms with Crippen LogP contribution in [0.15, 0.2) is 18.3 Å². The van der Waals surface area contributed by atoms with E-state index >= 15 is 0 Å². The lowest BCUT2D eigenvalue weighted by atomic mass is 10.2. The van der Waals surface area contributed by atoms with Gasteiger partial charge in [-0.3, -0.25) is 0 Å². The summed E-state index contributed by atoms with van der Waals surface area (Å²) in [5.41, 5.74) is 0.556. The van der Waals surface area contributed by atoms with Crippen LogP contribution in [0.3, 0.4) is 0 Å². The SMILES string of the molecule is COc1cc2cnc(NC(F)C#N)nc2cc1OC. The van der Waals surface area contributed by atoms with Gasteiger partial charge in [-0.05, 0) is 6.07 Å². The zero-order valence-corrected chi connectivity index (χ0v) is 10.3. The molecule has 0 saturated carbocycles. The molecule has 0 bridgehead atoms. The van der Waals surface area contributed by atoms with Gasteiger partial charge in [-0.1, -0.05) is 0 Å². The molecule has 1 N–H and O–H groups in total. The van der Waals surface area contributed by atoms with Gasteiger partial charge < -0.3 is 14.8 Å². The number of hydrogen-bond acceptors (Lipinski definition) is 6. The lowest BCUT2D eigenvalue weighted by Gasteiger charge is -2.09. The number of aromatic nitrogens is 2. The van der Waals surface area contributed by atoms with E-state index in [2.05, 4.69) is 15.3 Å². The Hall–Kier alpha value is -2.62. The van der Waals surface area contributed by atoms with Crippen molar-refractivity contribution in [2.45, 2.75) is 6.30 Å². The standard InChI is InChI=1S/C12H11FN4O2/c1-18-9-3-7-6-15-12(17-11(13)5-14)16-8(7)4-10(9)19-2/h3-4,6,11H,1-2H3,(H,15,16,17). The van der Waals surface area contributed by atoms with Crippen LogP contribution in [-0.2, 0) is 0 Å². The van der Waals surface area contributed by atoms with Crippen LogP contribution in [0, 0.1) is 11.3 Å². The molecule has 1 heterocycles. The largest absolute Gasteiger partial charge is 0.493 e. The van der Waals surface area contributed by atoms with E-state index in [9.17, 15) is 4.39 Å². The zero-order chi connectivity index (χ0) is 13.8. The Morgan fingerprint density at radius 1 is 1.32 bits per heavy atom. The van der Waals surface area contributed by atoms with Crippen molar-refractivity contribution < 1.29 is 13.9 Å². The van der Waals surface area contributed by atoms with Crippen molar-refractivity contribution in [2.24, 2.45) is 0 Å². The summed E-state index contributed by atoms with van der Waals surface area (Å²) in [6.45, 7) is 0. The maximum atomic E-state index is 12.9. The number of nitrogens with zero attached hydrogens (tertiary/aromatic N) is 3. The van der Waals surface area contributed by atoms with Crippen molar-refractivity contribution in [3.8, 4) is 17.6 Å². The molecule has 7 heteroatoms. The molecule has 2 aromatic rings. The molecular formula is C12H11FN4O2. The average molecular weight is 262 g/mol. The van der Waals surface area contributed by atoms with Gasteiger partial charge in [0.15, 0.2) is 11.5 Å². The van der Waals surface area contributed by atoms with E-state index in [0.717, 1.165) is 5.39 Å². The van der Waals surface area contributed by atoms with Crippen LogP contribution in [0.4, 0.5) is 10.3 Å². The minimum atomic E-state index is -1.85. The van der Waals surface area contributed by atoms with Gasteiger partial charge >= 0.3 is 0 Å². The third-order valence-corrected chi connectivity index (χ3v) is 2.45. The summed E-state index contributed by atoms with van der Waals surface area (Å²) in [6.07, 6.45) is -0.339. The van der Waals surface area contributed by atoms with Crippen LogP contribution < -0.4 is 14.8 Å². The summed E-state index contributed by atoms with van der Waals surface area (Å²) in [6, 6.07) is 4.77. The molecule has 0 amide bonds. The van der Waals surface area contributed by atoms with Crippen molar-refractivity contribution >= 4 is 16.9 Å². The number of fused-ring (bicyclic) bond motifs is 1. The summed E-state index contributed by atoms with van der Waals surface area (Å²) in [4.78, 5) is 8.01. The molecule has 0 radical (unpaired) electrons. The van der Waals surface area contributed by atoms with Crippen LogP contribution in [0.2, 0.25) is 0 Å². The molecule has 0 spiro atoms. The van der Waals surface area contributed by atoms with Gasteiger partial charge in [0.1, 0.15) is 6.07 Å². The van der Waals surface area contributed by atoms with E-state index < -0.39 is 6.30 Å². The predicted molar refractivity (Wildman–Crippen MR) is 66.8 cm³/mol. The first-order valence-corrected chi connectivity index (χ1v) is 5.37. The highest BCUT2D eigenvalue weighted by Crippen LogP contribution is 2.31. The highest BCUT2D eigenvalue weighted by atomic mass is 19.1. The van der Waals surface area contributed by atoms with E-state index in [1.165, 1.54) is 26.5 Å². The minimum absolute atomic E-state index is 0.0359. The lowest BCUT2D eigenvalue weighted by molar-refractivity contribution is 0.356. The van der Waals surface area contributed by atoms with Gasteiger partial charge in [-0.2, -0.15) is 5.26 Å². The molecular weight excluding hydrogens is 251 g/mol. The normalized spacial score (nSPS) is 11.7. The lowest BCUT2D eigenvalue weighted by Crippen LogP contribution is -2.12. The molecule has 6 nitrogen and oxygen atoms in total. The average Bonchev–Trinajstić information content (AvgIpc) is 2.45. The number of ether oxygens (including phenoxy) is 2. The Morgan fingerprint density at radius 2 is 2.00 bits per heavy atom. The monoisotopic (exact) mass is 262 g/mol. The topological polar surface area (TPSA) is 80.1 Å². The molecule has 1 unspecified atom stereocenters. The summed E-state index contributed by atoms with van der Waals surface area (Å²) < 4.78 is 23.2. The first-order chi connectivity index (χ1) is 9.17. The first-order valence-electron chi connectivity index (χ1n) is 5.37. The number of nitriles is 1. The molecule has 1 aromatic heterocycles. The van der Waals surface area contributed by atoms with Crippen molar-refractivity contribution in [1.82, 2.24) is 9.97 Å². The van der Waals surface area contributed by atoms with Crippen LogP contribution in [0.1, 0.15) is 0 Å². The van der Waals surface area contributed by atoms with Crippen molar-refractivity contribution in [1.29, 1.82) is 5.26 Å². The maximum absolute atomic E-state index is 12.9. The third kappa shape index (κ3) is 2.63. The Bertz CT molecular complexity index is 641. The summed E-state index contributed by atoms with van der Waals surface area (Å²) >= 11 is 0. The van der Waals surface area contributed by atoms with E-state index in [4.69, 9.17) is 14.7 Å². The molecule has 1 atom stereocenters. The quantitative estimate of drug-likeness (QED) is 0.847. The van der Waals surface area contributed by atoms with E-state index in [1.54, 1.807) is 12.1 Å². The number of anilines is 1. The number of halogens is 1. The van der Waals surface area contributed by atoms with Gasteiger partial charge in [0, 0.05) is 17.6 Å². The Morgan fingerprint density at radius 3 is 2.63 bits per heavy atom. The highest BCUT2D eigenvalue weighted by molar-refractivity contribution is 5.82. The minimum Gasteiger partial charge on any atom is -0.493 e. The van der Waals surface area contributed by atoms with Gasteiger partial charge in [0.05, 0.1) is 19.7 Å². The fraction of sp³-hybridized carbons (Fsp3) is 0.250.